The summed E-state index contributed by atoms with van der Waals surface area (Å²) in [6.45, 7) is 4.90. The van der Waals surface area contributed by atoms with Gasteiger partial charge in [-0.1, -0.05) is 12.5 Å². The van der Waals surface area contributed by atoms with E-state index in [1.54, 1.807) is 0 Å². The molecule has 46 valence electrons. The molecule has 0 aromatic carbocycles. The third-order valence-electron chi connectivity index (χ3n) is 1.63. The van der Waals surface area contributed by atoms with Crippen LogP contribution in [0.5, 0.6) is 0 Å². The number of hydrogen-bond donors (Lipinski definition) is 1. The van der Waals surface area contributed by atoms with Crippen LogP contribution in [-0.4, -0.2) is 12.6 Å². The highest BCUT2D eigenvalue weighted by Crippen LogP contribution is 2.06. The average Bonchev–Trinajstić information content (AvgIpc) is 1.90. The lowest BCUT2D eigenvalue weighted by atomic mass is 10.1. The average molecular weight is 111 g/mol. The van der Waals surface area contributed by atoms with Crippen molar-refractivity contribution in [2.75, 3.05) is 6.54 Å². The van der Waals surface area contributed by atoms with Gasteiger partial charge in [-0.3, -0.25) is 0 Å². The van der Waals surface area contributed by atoms with Gasteiger partial charge in [-0.15, -0.1) is 6.58 Å². The second-order valence-corrected chi connectivity index (χ2v) is 2.29. The molecule has 1 rings (SSSR count). The molecule has 0 unspecified atom stereocenters. The maximum absolute atomic E-state index is 3.72. The molecule has 8 heavy (non-hydrogen) atoms. The number of nitrogens with one attached hydrogen (secondary N) is 1. The summed E-state index contributed by atoms with van der Waals surface area (Å²) in [6.07, 6.45) is 5.98. The van der Waals surface area contributed by atoms with Crippen LogP contribution in [0.3, 0.4) is 0 Å². The van der Waals surface area contributed by atoms with Gasteiger partial charge in [0.25, 0.3) is 0 Å². The molecule has 0 aromatic heterocycles. The molecule has 0 saturated carbocycles. The summed E-state index contributed by atoms with van der Waals surface area (Å²) >= 11 is 0. The minimum atomic E-state index is 0.601. The van der Waals surface area contributed by atoms with Crippen LogP contribution >= 0.6 is 0 Å². The van der Waals surface area contributed by atoms with Crippen molar-refractivity contribution in [3.05, 3.63) is 12.7 Å². The first kappa shape index (κ1) is 5.83. The van der Waals surface area contributed by atoms with Crippen LogP contribution in [0.15, 0.2) is 12.7 Å². The molecule has 1 heteroatoms. The van der Waals surface area contributed by atoms with Crippen molar-refractivity contribution in [3.63, 3.8) is 0 Å². The van der Waals surface area contributed by atoms with Crippen molar-refractivity contribution in [2.45, 2.75) is 25.3 Å². The zero-order chi connectivity index (χ0) is 5.82. The lowest BCUT2D eigenvalue weighted by Crippen LogP contribution is -2.31. The molecule has 0 aliphatic carbocycles. The van der Waals surface area contributed by atoms with Gasteiger partial charge in [0.15, 0.2) is 0 Å². The fourth-order valence-corrected chi connectivity index (χ4v) is 1.08. The smallest absolute Gasteiger partial charge is 0.0247 e. The summed E-state index contributed by atoms with van der Waals surface area (Å²) in [5.41, 5.74) is 0. The highest BCUT2D eigenvalue weighted by atomic mass is 14.9. The Kier molecular flexibility index (Phi) is 2.10. The van der Waals surface area contributed by atoms with Crippen molar-refractivity contribution in [2.24, 2.45) is 0 Å². The van der Waals surface area contributed by atoms with Gasteiger partial charge < -0.3 is 5.32 Å². The van der Waals surface area contributed by atoms with Crippen molar-refractivity contribution >= 4 is 0 Å². The molecule has 0 aromatic rings. The first-order valence-corrected chi connectivity index (χ1v) is 3.29. The van der Waals surface area contributed by atoms with E-state index < -0.39 is 0 Å². The van der Waals surface area contributed by atoms with Gasteiger partial charge in [0.05, 0.1) is 0 Å². The van der Waals surface area contributed by atoms with Crippen molar-refractivity contribution in [1.82, 2.24) is 5.32 Å². The van der Waals surface area contributed by atoms with Crippen LogP contribution in [-0.2, 0) is 0 Å². The SMILES string of the molecule is C=C[C@@H]1CCCCN1. The standard InChI is InChI=1S/C7H13N/c1-2-7-5-3-4-6-8-7/h2,7-8H,1,3-6H2/t7-/m1/s1. The van der Waals surface area contributed by atoms with E-state index in [2.05, 4.69) is 11.9 Å². The van der Waals surface area contributed by atoms with Crippen molar-refractivity contribution in [1.29, 1.82) is 0 Å². The molecular formula is C7H13N. The Balaban J connectivity index is 2.22. The molecule has 0 radical (unpaired) electrons. The monoisotopic (exact) mass is 111 g/mol. The summed E-state index contributed by atoms with van der Waals surface area (Å²) in [4.78, 5) is 0. The first-order valence-electron chi connectivity index (χ1n) is 3.29. The minimum Gasteiger partial charge on any atom is -0.311 e. The van der Waals surface area contributed by atoms with Crippen molar-refractivity contribution < 1.29 is 0 Å². The Morgan fingerprint density at radius 1 is 1.50 bits per heavy atom. The zero-order valence-electron chi connectivity index (χ0n) is 5.19. The molecule has 1 heterocycles. The predicted octanol–water partition coefficient (Wildman–Crippen LogP) is 1.31. The van der Waals surface area contributed by atoms with E-state index in [9.17, 15) is 0 Å². The third-order valence-corrected chi connectivity index (χ3v) is 1.63. The molecule has 1 atom stereocenters. The molecule has 1 N–H and O–H groups in total. The third kappa shape index (κ3) is 1.34. The number of hydrogen-bond acceptors (Lipinski definition) is 1. The van der Waals surface area contributed by atoms with E-state index in [1.165, 1.54) is 25.8 Å². The molecular weight excluding hydrogens is 98.1 g/mol. The largest absolute Gasteiger partial charge is 0.311 e. The molecule has 1 fully saturated rings. The Hall–Kier alpha value is -0.300. The molecule has 1 aliphatic rings. The van der Waals surface area contributed by atoms with Crippen LogP contribution in [0.1, 0.15) is 19.3 Å². The summed E-state index contributed by atoms with van der Waals surface area (Å²) < 4.78 is 0. The van der Waals surface area contributed by atoms with Crippen LogP contribution in [0, 0.1) is 0 Å². The lowest BCUT2D eigenvalue weighted by molar-refractivity contribution is 0.455. The molecule has 0 spiro atoms. The van der Waals surface area contributed by atoms with E-state index in [4.69, 9.17) is 0 Å². The molecule has 0 amide bonds. The van der Waals surface area contributed by atoms with E-state index in [0.717, 1.165) is 0 Å². The van der Waals surface area contributed by atoms with Gasteiger partial charge in [0.2, 0.25) is 0 Å². The van der Waals surface area contributed by atoms with E-state index in [0.29, 0.717) is 6.04 Å². The summed E-state index contributed by atoms with van der Waals surface area (Å²) in [7, 11) is 0. The summed E-state index contributed by atoms with van der Waals surface area (Å²) in [5.74, 6) is 0. The highest BCUT2D eigenvalue weighted by Gasteiger charge is 2.06. The van der Waals surface area contributed by atoms with Crippen molar-refractivity contribution in [3.8, 4) is 0 Å². The Morgan fingerprint density at radius 3 is 2.75 bits per heavy atom. The zero-order valence-corrected chi connectivity index (χ0v) is 5.19. The first-order chi connectivity index (χ1) is 3.93. The molecule has 0 bridgehead atoms. The van der Waals surface area contributed by atoms with Crippen LogP contribution in [0.25, 0.3) is 0 Å². The van der Waals surface area contributed by atoms with Gasteiger partial charge >= 0.3 is 0 Å². The normalized spacial score (nSPS) is 29.8. The quantitative estimate of drug-likeness (QED) is 0.503. The topological polar surface area (TPSA) is 12.0 Å². The maximum atomic E-state index is 3.72. The van der Waals surface area contributed by atoms with Gasteiger partial charge in [0, 0.05) is 6.04 Å². The fraction of sp³-hybridized carbons (Fsp3) is 0.714. The number of piperidine rings is 1. The van der Waals surface area contributed by atoms with Gasteiger partial charge in [-0.25, -0.2) is 0 Å². The van der Waals surface area contributed by atoms with Crippen LogP contribution in [0.4, 0.5) is 0 Å². The Morgan fingerprint density at radius 2 is 2.38 bits per heavy atom. The van der Waals surface area contributed by atoms with Crippen LogP contribution in [0.2, 0.25) is 0 Å². The molecule has 1 nitrogen and oxygen atoms in total. The lowest BCUT2D eigenvalue weighted by Gasteiger charge is -2.19. The highest BCUT2D eigenvalue weighted by molar-refractivity contribution is 4.87. The number of rotatable bonds is 1. The Bertz CT molecular complexity index is 72.5. The van der Waals surface area contributed by atoms with Gasteiger partial charge in [-0.05, 0) is 19.4 Å². The van der Waals surface area contributed by atoms with Gasteiger partial charge in [-0.2, -0.15) is 0 Å². The Labute approximate surface area is 50.8 Å². The maximum Gasteiger partial charge on any atom is 0.0247 e. The second-order valence-electron chi connectivity index (χ2n) is 2.29. The van der Waals surface area contributed by atoms with E-state index in [-0.39, 0.29) is 0 Å². The molecule has 1 aliphatic heterocycles. The predicted molar refractivity (Wildman–Crippen MR) is 35.8 cm³/mol. The fourth-order valence-electron chi connectivity index (χ4n) is 1.08. The minimum absolute atomic E-state index is 0.601. The van der Waals surface area contributed by atoms with E-state index >= 15 is 0 Å². The van der Waals surface area contributed by atoms with Crippen LogP contribution < -0.4 is 5.32 Å². The summed E-state index contributed by atoms with van der Waals surface area (Å²) in [5, 5.41) is 3.35. The summed E-state index contributed by atoms with van der Waals surface area (Å²) in [6, 6.07) is 0.601. The van der Waals surface area contributed by atoms with E-state index in [1.807, 2.05) is 6.08 Å². The van der Waals surface area contributed by atoms with Gasteiger partial charge in [0.1, 0.15) is 0 Å². The second kappa shape index (κ2) is 2.88. The molecule has 1 saturated heterocycles.